The molecule has 0 bridgehead atoms. The van der Waals surface area contributed by atoms with Gasteiger partial charge in [0.25, 0.3) is 0 Å². The van der Waals surface area contributed by atoms with Gasteiger partial charge in [0.15, 0.2) is 0 Å². The van der Waals surface area contributed by atoms with Crippen LogP contribution in [-0.4, -0.2) is 30.8 Å². The number of hydrogen-bond donors (Lipinski definition) is 2. The SMILES string of the molecule is Cc1n[nH]c2c1N=C(c1c(F)cccc1F)Nc1cnc(-c3ccn(C(F)F)n3)cc1-2. The minimum absolute atomic E-state index is 0.0448. The minimum atomic E-state index is -2.77. The summed E-state index contributed by atoms with van der Waals surface area (Å²) in [7, 11) is 0. The lowest BCUT2D eigenvalue weighted by atomic mass is 10.1. The van der Waals surface area contributed by atoms with Crippen LogP contribution in [0, 0.1) is 18.6 Å². The first-order valence-electron chi connectivity index (χ1n) is 9.11. The highest BCUT2D eigenvalue weighted by atomic mass is 19.3. The highest BCUT2D eigenvalue weighted by Gasteiger charge is 2.25. The molecule has 1 aliphatic heterocycles. The van der Waals surface area contributed by atoms with Crippen molar-refractivity contribution in [3.05, 3.63) is 65.6 Å². The molecule has 0 saturated carbocycles. The molecule has 0 spiro atoms. The molecule has 5 rings (SSSR count). The Morgan fingerprint density at radius 2 is 1.84 bits per heavy atom. The number of aromatic amines is 1. The normalized spacial score (nSPS) is 12.8. The second-order valence-electron chi connectivity index (χ2n) is 6.79. The van der Waals surface area contributed by atoms with Crippen LogP contribution < -0.4 is 5.32 Å². The maximum absolute atomic E-state index is 14.4. The van der Waals surface area contributed by atoms with E-state index in [0.29, 0.717) is 38.7 Å². The lowest BCUT2D eigenvalue weighted by Crippen LogP contribution is -2.17. The third kappa shape index (κ3) is 3.14. The minimum Gasteiger partial charge on any atom is -0.338 e. The fraction of sp³-hybridized carbons (Fsp3) is 0.100. The van der Waals surface area contributed by atoms with E-state index in [-0.39, 0.29) is 17.1 Å². The molecule has 0 aliphatic carbocycles. The first kappa shape index (κ1) is 19.0. The Bertz CT molecular complexity index is 1320. The number of aromatic nitrogens is 5. The Balaban J connectivity index is 1.67. The number of aryl methyl sites for hydroxylation is 1. The molecule has 0 fully saturated rings. The summed E-state index contributed by atoms with van der Waals surface area (Å²) >= 11 is 0. The molecule has 0 saturated heterocycles. The quantitative estimate of drug-likeness (QED) is 0.459. The molecule has 3 aromatic heterocycles. The zero-order valence-corrected chi connectivity index (χ0v) is 15.9. The van der Waals surface area contributed by atoms with Gasteiger partial charge in [-0.1, -0.05) is 6.07 Å². The lowest BCUT2D eigenvalue weighted by Gasteiger charge is -2.12. The molecule has 1 aliphatic rings. The second kappa shape index (κ2) is 7.04. The predicted molar refractivity (Wildman–Crippen MR) is 105 cm³/mol. The Labute approximate surface area is 172 Å². The van der Waals surface area contributed by atoms with Crippen molar-refractivity contribution in [1.82, 2.24) is 25.0 Å². The van der Waals surface area contributed by atoms with E-state index in [1.807, 2.05) is 0 Å². The van der Waals surface area contributed by atoms with Crippen LogP contribution in [0.15, 0.2) is 47.7 Å². The van der Waals surface area contributed by atoms with Gasteiger partial charge in [-0.3, -0.25) is 10.1 Å². The summed E-state index contributed by atoms with van der Waals surface area (Å²) in [6, 6.07) is 6.57. The topological polar surface area (TPSA) is 83.8 Å². The van der Waals surface area contributed by atoms with E-state index < -0.39 is 18.2 Å². The van der Waals surface area contributed by atoms with Crippen LogP contribution in [0.1, 0.15) is 17.8 Å². The Kier molecular flexibility index (Phi) is 4.31. The molecular formula is C20H13F4N7. The van der Waals surface area contributed by atoms with Gasteiger partial charge in [0, 0.05) is 11.8 Å². The highest BCUT2D eigenvalue weighted by molar-refractivity contribution is 6.13. The van der Waals surface area contributed by atoms with E-state index in [1.54, 1.807) is 13.0 Å². The van der Waals surface area contributed by atoms with E-state index in [2.05, 4.69) is 30.6 Å². The third-order valence-corrected chi connectivity index (χ3v) is 4.84. The number of fused-ring (bicyclic) bond motifs is 3. The van der Waals surface area contributed by atoms with Crippen molar-refractivity contribution >= 4 is 17.2 Å². The van der Waals surface area contributed by atoms with Crippen molar-refractivity contribution in [2.24, 2.45) is 4.99 Å². The average Bonchev–Trinajstić information content (AvgIpc) is 3.32. The summed E-state index contributed by atoms with van der Waals surface area (Å²) in [5.41, 5.74) is 2.59. The van der Waals surface area contributed by atoms with Gasteiger partial charge in [0.05, 0.1) is 34.5 Å². The van der Waals surface area contributed by atoms with Crippen LogP contribution in [-0.2, 0) is 0 Å². The van der Waals surface area contributed by atoms with E-state index in [4.69, 9.17) is 0 Å². The number of alkyl halides is 2. The van der Waals surface area contributed by atoms with Crippen molar-refractivity contribution in [2.45, 2.75) is 13.5 Å². The molecule has 0 amide bonds. The highest BCUT2D eigenvalue weighted by Crippen LogP contribution is 2.40. The smallest absolute Gasteiger partial charge is 0.333 e. The standard InChI is InChI=1S/C20H13F4N7/c1-9-17-18(29-28-9)10-7-14(13-5-6-31(30-13)20(23)24)25-8-15(10)26-19(27-17)16-11(21)3-2-4-12(16)22/h2-8,20H,1H3,(H,26,27)(H,28,29). The summed E-state index contributed by atoms with van der Waals surface area (Å²) in [4.78, 5) is 8.69. The number of nitrogens with zero attached hydrogens (tertiary/aromatic N) is 5. The number of hydrogen-bond acceptors (Lipinski definition) is 5. The van der Waals surface area contributed by atoms with Crippen molar-refractivity contribution in [1.29, 1.82) is 0 Å². The van der Waals surface area contributed by atoms with Crippen LogP contribution in [0.25, 0.3) is 22.6 Å². The van der Waals surface area contributed by atoms with Gasteiger partial charge < -0.3 is 5.32 Å². The zero-order valence-electron chi connectivity index (χ0n) is 15.9. The van der Waals surface area contributed by atoms with Crippen LogP contribution in [0.2, 0.25) is 0 Å². The van der Waals surface area contributed by atoms with Crippen LogP contribution in [0.4, 0.5) is 28.9 Å². The number of pyridine rings is 1. The van der Waals surface area contributed by atoms with Crippen molar-refractivity contribution in [2.75, 3.05) is 5.32 Å². The summed E-state index contributed by atoms with van der Waals surface area (Å²) in [5.74, 6) is -1.60. The molecule has 7 nitrogen and oxygen atoms in total. The molecular weight excluding hydrogens is 414 g/mol. The molecule has 4 heterocycles. The second-order valence-corrected chi connectivity index (χ2v) is 6.79. The van der Waals surface area contributed by atoms with Crippen molar-refractivity contribution in [3.63, 3.8) is 0 Å². The largest absolute Gasteiger partial charge is 0.338 e. The first-order chi connectivity index (χ1) is 14.9. The molecule has 156 valence electrons. The van der Waals surface area contributed by atoms with E-state index in [0.717, 1.165) is 18.3 Å². The molecule has 11 heteroatoms. The molecule has 4 aromatic rings. The number of benzene rings is 1. The maximum atomic E-state index is 14.4. The Morgan fingerprint density at radius 3 is 2.55 bits per heavy atom. The van der Waals surface area contributed by atoms with Gasteiger partial charge in [-0.15, -0.1) is 0 Å². The number of rotatable bonds is 3. The molecule has 31 heavy (non-hydrogen) atoms. The van der Waals surface area contributed by atoms with Gasteiger partial charge in [0.1, 0.15) is 28.9 Å². The Morgan fingerprint density at radius 1 is 1.06 bits per heavy atom. The number of anilines is 1. The first-order valence-corrected chi connectivity index (χ1v) is 9.11. The van der Waals surface area contributed by atoms with Crippen molar-refractivity contribution < 1.29 is 17.6 Å². The van der Waals surface area contributed by atoms with E-state index in [1.165, 1.54) is 18.3 Å². The van der Waals surface area contributed by atoms with Gasteiger partial charge in [-0.05, 0) is 31.2 Å². The van der Waals surface area contributed by atoms with E-state index in [9.17, 15) is 17.6 Å². The molecule has 0 unspecified atom stereocenters. The summed E-state index contributed by atoms with van der Waals surface area (Å²) < 4.78 is 55.1. The zero-order chi connectivity index (χ0) is 21.7. The summed E-state index contributed by atoms with van der Waals surface area (Å²) in [6.07, 6.45) is 2.57. The number of amidine groups is 1. The van der Waals surface area contributed by atoms with Crippen LogP contribution in [0.3, 0.4) is 0 Å². The Hall–Kier alpha value is -4.02. The average molecular weight is 427 g/mol. The van der Waals surface area contributed by atoms with Gasteiger partial charge >= 0.3 is 6.55 Å². The third-order valence-electron chi connectivity index (χ3n) is 4.84. The van der Waals surface area contributed by atoms with Crippen molar-refractivity contribution in [3.8, 4) is 22.6 Å². The number of aliphatic imine (C=N–C) groups is 1. The van der Waals surface area contributed by atoms with Crippen LogP contribution >= 0.6 is 0 Å². The summed E-state index contributed by atoms with van der Waals surface area (Å²) in [5, 5.41) is 13.8. The van der Waals surface area contributed by atoms with Crippen LogP contribution in [0.5, 0.6) is 0 Å². The van der Waals surface area contributed by atoms with E-state index >= 15 is 0 Å². The summed E-state index contributed by atoms with van der Waals surface area (Å²) in [6.45, 7) is -1.07. The monoisotopic (exact) mass is 427 g/mol. The molecule has 1 aromatic carbocycles. The maximum Gasteiger partial charge on any atom is 0.333 e. The van der Waals surface area contributed by atoms with Gasteiger partial charge in [-0.2, -0.15) is 19.0 Å². The number of H-pyrrole nitrogens is 1. The fourth-order valence-electron chi connectivity index (χ4n) is 3.35. The molecule has 0 atom stereocenters. The molecule has 0 radical (unpaired) electrons. The number of halogens is 4. The van der Waals surface area contributed by atoms with Gasteiger partial charge in [-0.25, -0.2) is 18.5 Å². The molecule has 2 N–H and O–H groups in total. The van der Waals surface area contributed by atoms with Gasteiger partial charge in [0.2, 0.25) is 0 Å². The fourth-order valence-corrected chi connectivity index (χ4v) is 3.35. The lowest BCUT2D eigenvalue weighted by molar-refractivity contribution is 0.0568. The predicted octanol–water partition coefficient (Wildman–Crippen LogP) is 4.82. The number of nitrogens with one attached hydrogen (secondary N) is 2.